The topological polar surface area (TPSA) is 98.3 Å². The Hall–Kier alpha value is -2.02. The molecular weight excluding hydrogens is 253 g/mol. The Labute approximate surface area is 109 Å². The number of amides is 1. The van der Waals surface area contributed by atoms with E-state index in [1.54, 1.807) is 13.8 Å². The van der Waals surface area contributed by atoms with Crippen molar-refractivity contribution in [2.75, 3.05) is 5.32 Å². The summed E-state index contributed by atoms with van der Waals surface area (Å²) in [5.74, 6) is -1.50. The highest BCUT2D eigenvalue weighted by atomic mass is 19.1. The summed E-state index contributed by atoms with van der Waals surface area (Å²) in [5, 5.41) is 13.0. The lowest BCUT2D eigenvalue weighted by molar-refractivity contribution is -0.384. The first-order valence-corrected chi connectivity index (χ1v) is 5.89. The highest BCUT2D eigenvalue weighted by molar-refractivity contribution is 5.99. The fraction of sp³-hybridized carbons (Fsp3) is 0.417. The van der Waals surface area contributed by atoms with Gasteiger partial charge >= 0.3 is 0 Å². The number of hydrogen-bond acceptors (Lipinski definition) is 4. The average Bonchev–Trinajstić information content (AvgIpc) is 2.39. The SMILES string of the molecule is CCC(N)(CC)C(=O)Nc1c(F)cccc1[N+](=O)[O-]. The summed E-state index contributed by atoms with van der Waals surface area (Å²) < 4.78 is 13.6. The van der Waals surface area contributed by atoms with Crippen molar-refractivity contribution in [1.82, 2.24) is 0 Å². The predicted octanol–water partition coefficient (Wildman–Crippen LogP) is 2.19. The Morgan fingerprint density at radius 2 is 2.05 bits per heavy atom. The molecule has 0 aliphatic rings. The highest BCUT2D eigenvalue weighted by Gasteiger charge is 2.32. The van der Waals surface area contributed by atoms with Gasteiger partial charge in [-0.3, -0.25) is 14.9 Å². The van der Waals surface area contributed by atoms with Crippen molar-refractivity contribution in [3.05, 3.63) is 34.1 Å². The van der Waals surface area contributed by atoms with Crippen LogP contribution in [0.25, 0.3) is 0 Å². The number of nitro benzene ring substituents is 1. The number of para-hydroxylation sites is 1. The van der Waals surface area contributed by atoms with E-state index in [-0.39, 0.29) is 0 Å². The Bertz CT molecular complexity index is 501. The minimum absolute atomic E-state index is 0.345. The zero-order valence-corrected chi connectivity index (χ0v) is 10.8. The van der Waals surface area contributed by atoms with Crippen LogP contribution in [0.4, 0.5) is 15.8 Å². The number of carbonyl (C=O) groups is 1. The van der Waals surface area contributed by atoms with Gasteiger partial charge in [0.2, 0.25) is 5.91 Å². The van der Waals surface area contributed by atoms with Gasteiger partial charge in [-0.2, -0.15) is 0 Å². The molecule has 1 aromatic carbocycles. The van der Waals surface area contributed by atoms with Crippen LogP contribution >= 0.6 is 0 Å². The molecule has 0 heterocycles. The van der Waals surface area contributed by atoms with Gasteiger partial charge in [0.25, 0.3) is 5.69 Å². The van der Waals surface area contributed by atoms with E-state index in [9.17, 15) is 19.3 Å². The van der Waals surface area contributed by atoms with E-state index < -0.39 is 33.6 Å². The molecule has 19 heavy (non-hydrogen) atoms. The standard InChI is InChI=1S/C12H16FN3O3/c1-3-12(14,4-2)11(17)15-10-8(13)6-5-7-9(10)16(18)19/h5-7H,3-4,14H2,1-2H3,(H,15,17). The Morgan fingerprint density at radius 3 is 2.53 bits per heavy atom. The number of halogens is 1. The molecule has 1 rings (SSSR count). The third-order valence-electron chi connectivity index (χ3n) is 3.14. The molecule has 3 N–H and O–H groups in total. The van der Waals surface area contributed by atoms with Crippen LogP contribution in [0.3, 0.4) is 0 Å². The number of rotatable bonds is 5. The van der Waals surface area contributed by atoms with E-state index in [2.05, 4.69) is 5.32 Å². The van der Waals surface area contributed by atoms with E-state index in [1.807, 2.05) is 0 Å². The second-order valence-corrected chi connectivity index (χ2v) is 4.21. The molecule has 0 fully saturated rings. The molecule has 0 saturated heterocycles. The molecule has 0 aromatic heterocycles. The molecule has 1 amide bonds. The zero-order valence-electron chi connectivity index (χ0n) is 10.8. The number of hydrogen-bond donors (Lipinski definition) is 2. The van der Waals surface area contributed by atoms with Crippen molar-refractivity contribution >= 4 is 17.3 Å². The van der Waals surface area contributed by atoms with Gasteiger partial charge < -0.3 is 11.1 Å². The summed E-state index contributed by atoms with van der Waals surface area (Å²) in [6, 6.07) is 3.37. The van der Waals surface area contributed by atoms with Crippen molar-refractivity contribution in [3.63, 3.8) is 0 Å². The maximum atomic E-state index is 13.6. The molecule has 6 nitrogen and oxygen atoms in total. The third kappa shape index (κ3) is 3.05. The van der Waals surface area contributed by atoms with E-state index in [0.29, 0.717) is 12.8 Å². The molecule has 1 aromatic rings. The fourth-order valence-corrected chi connectivity index (χ4v) is 1.60. The number of benzene rings is 1. The maximum absolute atomic E-state index is 13.6. The number of nitrogens with two attached hydrogens (primary N) is 1. The van der Waals surface area contributed by atoms with E-state index >= 15 is 0 Å². The number of nitrogens with one attached hydrogen (secondary N) is 1. The predicted molar refractivity (Wildman–Crippen MR) is 69.2 cm³/mol. The van der Waals surface area contributed by atoms with Crippen LogP contribution in [0.5, 0.6) is 0 Å². The quantitative estimate of drug-likeness (QED) is 0.632. The van der Waals surface area contributed by atoms with Crippen LogP contribution in [0.15, 0.2) is 18.2 Å². The molecule has 0 bridgehead atoms. The van der Waals surface area contributed by atoms with Gasteiger partial charge in [-0.15, -0.1) is 0 Å². The smallest absolute Gasteiger partial charge is 0.295 e. The zero-order chi connectivity index (χ0) is 14.6. The normalized spacial score (nSPS) is 11.2. The summed E-state index contributed by atoms with van der Waals surface area (Å²) in [4.78, 5) is 22.0. The largest absolute Gasteiger partial charge is 0.317 e. The molecule has 0 spiro atoms. The molecule has 0 saturated carbocycles. The van der Waals surface area contributed by atoms with Crippen LogP contribution in [0, 0.1) is 15.9 Å². The van der Waals surface area contributed by atoms with Crippen molar-refractivity contribution in [1.29, 1.82) is 0 Å². The van der Waals surface area contributed by atoms with Gasteiger partial charge in [0.15, 0.2) is 11.5 Å². The molecular formula is C12H16FN3O3. The summed E-state index contributed by atoms with van der Waals surface area (Å²) in [6.45, 7) is 3.44. The van der Waals surface area contributed by atoms with Gasteiger partial charge in [-0.1, -0.05) is 19.9 Å². The van der Waals surface area contributed by atoms with Crippen molar-refractivity contribution < 1.29 is 14.1 Å². The van der Waals surface area contributed by atoms with Crippen molar-refractivity contribution in [2.24, 2.45) is 5.73 Å². The summed E-state index contributed by atoms with van der Waals surface area (Å²) in [7, 11) is 0. The lowest BCUT2D eigenvalue weighted by Gasteiger charge is -2.25. The summed E-state index contributed by atoms with van der Waals surface area (Å²) >= 11 is 0. The highest BCUT2D eigenvalue weighted by Crippen LogP contribution is 2.28. The van der Waals surface area contributed by atoms with E-state index in [4.69, 9.17) is 5.73 Å². The van der Waals surface area contributed by atoms with E-state index in [1.165, 1.54) is 6.07 Å². The van der Waals surface area contributed by atoms with Crippen molar-refractivity contribution in [2.45, 2.75) is 32.2 Å². The van der Waals surface area contributed by atoms with Gasteiger partial charge in [-0.25, -0.2) is 4.39 Å². The van der Waals surface area contributed by atoms with Gasteiger partial charge in [0, 0.05) is 6.07 Å². The van der Waals surface area contributed by atoms with Crippen LogP contribution in [0.1, 0.15) is 26.7 Å². The van der Waals surface area contributed by atoms with Gasteiger partial charge in [0.05, 0.1) is 10.5 Å². The Morgan fingerprint density at radius 1 is 1.47 bits per heavy atom. The van der Waals surface area contributed by atoms with Crippen LogP contribution in [0.2, 0.25) is 0 Å². The third-order valence-corrected chi connectivity index (χ3v) is 3.14. The van der Waals surface area contributed by atoms with Crippen LogP contribution in [-0.4, -0.2) is 16.4 Å². The number of anilines is 1. The second-order valence-electron chi connectivity index (χ2n) is 4.21. The molecule has 7 heteroatoms. The average molecular weight is 269 g/mol. The second kappa shape index (κ2) is 5.75. The van der Waals surface area contributed by atoms with E-state index in [0.717, 1.165) is 12.1 Å². The van der Waals surface area contributed by atoms with Gasteiger partial charge in [0.1, 0.15) is 0 Å². The van der Waals surface area contributed by atoms with Crippen LogP contribution < -0.4 is 11.1 Å². The number of nitrogens with zero attached hydrogens (tertiary/aromatic N) is 1. The molecule has 0 atom stereocenters. The van der Waals surface area contributed by atoms with Crippen molar-refractivity contribution in [3.8, 4) is 0 Å². The molecule has 0 aliphatic heterocycles. The molecule has 0 aliphatic carbocycles. The molecule has 0 radical (unpaired) electrons. The maximum Gasteiger partial charge on any atom is 0.295 e. The minimum atomic E-state index is -1.17. The number of carbonyl (C=O) groups excluding carboxylic acids is 1. The first-order valence-electron chi connectivity index (χ1n) is 5.89. The first kappa shape index (κ1) is 15.0. The van der Waals surface area contributed by atoms with Gasteiger partial charge in [-0.05, 0) is 18.9 Å². The summed E-state index contributed by atoms with van der Waals surface area (Å²) in [5.41, 5.74) is 3.74. The minimum Gasteiger partial charge on any atom is -0.317 e. The summed E-state index contributed by atoms with van der Waals surface area (Å²) in [6.07, 6.45) is 0.690. The molecule has 104 valence electrons. The number of nitro groups is 1. The first-order chi connectivity index (χ1) is 8.85. The Kier molecular flexibility index (Phi) is 4.55. The lowest BCUT2D eigenvalue weighted by Crippen LogP contribution is -2.50. The fourth-order valence-electron chi connectivity index (χ4n) is 1.60. The molecule has 0 unspecified atom stereocenters. The van der Waals surface area contributed by atoms with Crippen LogP contribution in [-0.2, 0) is 4.79 Å². The Balaban J connectivity index is 3.13. The monoisotopic (exact) mass is 269 g/mol. The lowest BCUT2D eigenvalue weighted by atomic mass is 9.93.